The lowest BCUT2D eigenvalue weighted by molar-refractivity contribution is 0.394. The molecule has 2 atom stereocenters. The van der Waals surface area contributed by atoms with Crippen molar-refractivity contribution in [3.8, 4) is 0 Å². The summed E-state index contributed by atoms with van der Waals surface area (Å²) in [6, 6.07) is 6.61. The minimum atomic E-state index is 0.145. The number of nitrogens with zero attached hydrogens (tertiary/aromatic N) is 1. The van der Waals surface area contributed by atoms with Crippen LogP contribution in [0.1, 0.15) is 51.6 Å². The normalized spacial score (nSPS) is 24.2. The van der Waals surface area contributed by atoms with Crippen molar-refractivity contribution in [3.63, 3.8) is 0 Å². The first-order valence-electron chi connectivity index (χ1n) is 7.09. The predicted octanol–water partition coefficient (Wildman–Crippen LogP) is 3.80. The zero-order chi connectivity index (χ0) is 13.6. The van der Waals surface area contributed by atoms with E-state index in [-0.39, 0.29) is 11.5 Å². The predicted molar refractivity (Wildman–Crippen MR) is 77.2 cm³/mol. The number of fused-ring (bicyclic) bond motifs is 1. The van der Waals surface area contributed by atoms with Crippen molar-refractivity contribution < 1.29 is 4.42 Å². The highest BCUT2D eigenvalue weighted by molar-refractivity contribution is 5.73. The molecule has 3 rings (SSSR count). The zero-order valence-electron chi connectivity index (χ0n) is 12.2. The molecular formula is C16H22N2O. The van der Waals surface area contributed by atoms with Crippen LogP contribution in [0.25, 0.3) is 11.1 Å². The lowest BCUT2D eigenvalue weighted by atomic mass is 9.87. The van der Waals surface area contributed by atoms with Crippen molar-refractivity contribution >= 4 is 11.1 Å². The first-order chi connectivity index (χ1) is 8.95. The summed E-state index contributed by atoms with van der Waals surface area (Å²) in [7, 11) is 0. The van der Waals surface area contributed by atoms with Gasteiger partial charge in [0.15, 0.2) is 5.58 Å². The maximum atomic E-state index is 5.92. The SMILES string of the molecule is CC1CCNC1c1nc2cc(C(C)(C)C)ccc2o1. The van der Waals surface area contributed by atoms with Gasteiger partial charge in [-0.2, -0.15) is 0 Å². The van der Waals surface area contributed by atoms with Crippen LogP contribution in [0.3, 0.4) is 0 Å². The Morgan fingerprint density at radius 1 is 1.32 bits per heavy atom. The van der Waals surface area contributed by atoms with E-state index < -0.39 is 0 Å². The fraction of sp³-hybridized carbons (Fsp3) is 0.562. The number of nitrogens with one attached hydrogen (secondary N) is 1. The third kappa shape index (κ3) is 2.27. The molecule has 1 fully saturated rings. The van der Waals surface area contributed by atoms with Crippen molar-refractivity contribution in [1.82, 2.24) is 10.3 Å². The van der Waals surface area contributed by atoms with Gasteiger partial charge >= 0.3 is 0 Å². The first kappa shape index (κ1) is 12.7. The largest absolute Gasteiger partial charge is 0.439 e. The summed E-state index contributed by atoms with van der Waals surface area (Å²) in [6.07, 6.45) is 1.19. The first-order valence-corrected chi connectivity index (χ1v) is 7.09. The molecule has 1 aliphatic rings. The molecular weight excluding hydrogens is 236 g/mol. The van der Waals surface area contributed by atoms with E-state index in [1.807, 2.05) is 6.07 Å². The molecule has 2 heterocycles. The molecule has 0 amide bonds. The molecule has 0 saturated carbocycles. The number of hydrogen-bond donors (Lipinski definition) is 1. The van der Waals surface area contributed by atoms with Crippen molar-refractivity contribution in [1.29, 1.82) is 0 Å². The highest BCUT2D eigenvalue weighted by atomic mass is 16.3. The summed E-state index contributed by atoms with van der Waals surface area (Å²) in [6.45, 7) is 9.96. The smallest absolute Gasteiger partial charge is 0.212 e. The molecule has 3 heteroatoms. The molecule has 0 bridgehead atoms. The van der Waals surface area contributed by atoms with E-state index in [1.165, 1.54) is 12.0 Å². The second-order valence-corrected chi connectivity index (χ2v) is 6.68. The summed E-state index contributed by atoms with van der Waals surface area (Å²) >= 11 is 0. The summed E-state index contributed by atoms with van der Waals surface area (Å²) < 4.78 is 5.92. The van der Waals surface area contributed by atoms with Gasteiger partial charge in [-0.3, -0.25) is 0 Å². The molecule has 2 aromatic rings. The third-order valence-electron chi connectivity index (χ3n) is 4.07. The van der Waals surface area contributed by atoms with Crippen LogP contribution < -0.4 is 5.32 Å². The summed E-state index contributed by atoms with van der Waals surface area (Å²) in [5, 5.41) is 3.47. The summed E-state index contributed by atoms with van der Waals surface area (Å²) in [5.74, 6) is 1.43. The van der Waals surface area contributed by atoms with E-state index in [4.69, 9.17) is 9.40 Å². The zero-order valence-corrected chi connectivity index (χ0v) is 12.2. The number of hydrogen-bond acceptors (Lipinski definition) is 3. The van der Waals surface area contributed by atoms with Crippen molar-refractivity contribution in [2.75, 3.05) is 6.54 Å². The topological polar surface area (TPSA) is 38.1 Å². The van der Waals surface area contributed by atoms with Gasteiger partial charge in [-0.15, -0.1) is 0 Å². The quantitative estimate of drug-likeness (QED) is 0.845. The lowest BCUT2D eigenvalue weighted by Crippen LogP contribution is -2.16. The molecule has 2 unspecified atom stereocenters. The summed E-state index contributed by atoms with van der Waals surface area (Å²) in [4.78, 5) is 4.69. The Balaban J connectivity index is 2.01. The summed E-state index contributed by atoms with van der Waals surface area (Å²) in [5.41, 5.74) is 3.31. The Morgan fingerprint density at radius 2 is 2.11 bits per heavy atom. The number of rotatable bonds is 1. The van der Waals surface area contributed by atoms with Gasteiger partial charge in [0, 0.05) is 0 Å². The molecule has 1 aromatic carbocycles. The molecule has 0 radical (unpaired) electrons. The van der Waals surface area contributed by atoms with Gasteiger partial charge in [0.2, 0.25) is 5.89 Å². The van der Waals surface area contributed by atoms with Gasteiger partial charge in [0.05, 0.1) is 6.04 Å². The molecule has 1 N–H and O–H groups in total. The second-order valence-electron chi connectivity index (χ2n) is 6.68. The molecule has 0 spiro atoms. The molecule has 0 aliphatic carbocycles. The fourth-order valence-electron chi connectivity index (χ4n) is 2.71. The molecule has 19 heavy (non-hydrogen) atoms. The van der Waals surface area contributed by atoms with E-state index in [2.05, 4.69) is 45.1 Å². The minimum Gasteiger partial charge on any atom is -0.439 e. The van der Waals surface area contributed by atoms with Gasteiger partial charge in [0.25, 0.3) is 0 Å². The number of benzene rings is 1. The van der Waals surface area contributed by atoms with E-state index in [9.17, 15) is 0 Å². The van der Waals surface area contributed by atoms with Crippen LogP contribution in [-0.4, -0.2) is 11.5 Å². The van der Waals surface area contributed by atoms with E-state index in [0.29, 0.717) is 5.92 Å². The average Bonchev–Trinajstić information content (AvgIpc) is 2.91. The standard InChI is InChI=1S/C16H22N2O/c1-10-7-8-17-14(10)15-18-12-9-11(16(2,3)4)5-6-13(12)19-15/h5-6,9-10,14,17H,7-8H2,1-4H3. The second kappa shape index (κ2) is 4.34. The Labute approximate surface area is 114 Å². The van der Waals surface area contributed by atoms with Crippen LogP contribution >= 0.6 is 0 Å². The van der Waals surface area contributed by atoms with Crippen LogP contribution in [-0.2, 0) is 5.41 Å². The van der Waals surface area contributed by atoms with Crippen LogP contribution in [0, 0.1) is 5.92 Å². The van der Waals surface area contributed by atoms with Crippen molar-refractivity contribution in [2.24, 2.45) is 5.92 Å². The van der Waals surface area contributed by atoms with Gasteiger partial charge in [-0.1, -0.05) is 33.8 Å². The van der Waals surface area contributed by atoms with E-state index in [0.717, 1.165) is 23.5 Å². The molecule has 3 nitrogen and oxygen atoms in total. The van der Waals surface area contributed by atoms with Gasteiger partial charge in [0.1, 0.15) is 5.52 Å². The Kier molecular flexibility index (Phi) is 2.90. The highest BCUT2D eigenvalue weighted by Crippen LogP contribution is 2.32. The molecule has 1 aliphatic heterocycles. The van der Waals surface area contributed by atoms with Crippen molar-refractivity contribution in [2.45, 2.75) is 45.6 Å². The average molecular weight is 258 g/mol. The lowest BCUT2D eigenvalue weighted by Gasteiger charge is -2.18. The van der Waals surface area contributed by atoms with Gasteiger partial charge < -0.3 is 9.73 Å². The van der Waals surface area contributed by atoms with Crippen molar-refractivity contribution in [3.05, 3.63) is 29.7 Å². The number of aromatic nitrogens is 1. The van der Waals surface area contributed by atoms with Crippen LogP contribution in [0.5, 0.6) is 0 Å². The Hall–Kier alpha value is -1.35. The minimum absolute atomic E-state index is 0.145. The molecule has 1 aromatic heterocycles. The maximum absolute atomic E-state index is 5.92. The molecule has 102 valence electrons. The van der Waals surface area contributed by atoms with Gasteiger partial charge in [-0.25, -0.2) is 4.98 Å². The fourth-order valence-corrected chi connectivity index (χ4v) is 2.71. The van der Waals surface area contributed by atoms with Gasteiger partial charge in [-0.05, 0) is 42.0 Å². The van der Waals surface area contributed by atoms with E-state index in [1.54, 1.807) is 0 Å². The number of oxazole rings is 1. The maximum Gasteiger partial charge on any atom is 0.212 e. The van der Waals surface area contributed by atoms with Crippen LogP contribution in [0.2, 0.25) is 0 Å². The monoisotopic (exact) mass is 258 g/mol. The molecule has 1 saturated heterocycles. The third-order valence-corrected chi connectivity index (χ3v) is 4.07. The van der Waals surface area contributed by atoms with E-state index >= 15 is 0 Å². The highest BCUT2D eigenvalue weighted by Gasteiger charge is 2.28. The Bertz CT molecular complexity index is 594. The van der Waals surface area contributed by atoms with Crippen LogP contribution in [0.4, 0.5) is 0 Å². The van der Waals surface area contributed by atoms with Crippen LogP contribution in [0.15, 0.2) is 22.6 Å². The Morgan fingerprint density at radius 3 is 2.74 bits per heavy atom.